The fourth-order valence-electron chi connectivity index (χ4n) is 2.24. The highest BCUT2D eigenvalue weighted by Crippen LogP contribution is 2.31. The molecule has 0 aliphatic carbocycles. The molecule has 2 aromatic rings. The van der Waals surface area contributed by atoms with Crippen molar-refractivity contribution in [3.63, 3.8) is 0 Å². The number of H-pyrrole nitrogens is 1. The van der Waals surface area contributed by atoms with Crippen molar-refractivity contribution < 1.29 is 23.8 Å². The van der Waals surface area contributed by atoms with Gasteiger partial charge in [0.25, 0.3) is 0 Å². The average molecular weight is 291 g/mol. The molecule has 1 aromatic heterocycles. The number of aromatic nitrogens is 1. The van der Waals surface area contributed by atoms with Crippen molar-refractivity contribution >= 4 is 22.8 Å². The van der Waals surface area contributed by atoms with E-state index < -0.39 is 18.0 Å². The van der Waals surface area contributed by atoms with Crippen LogP contribution in [-0.2, 0) is 19.0 Å². The van der Waals surface area contributed by atoms with Crippen molar-refractivity contribution in [2.24, 2.45) is 0 Å². The third kappa shape index (κ3) is 2.75. The lowest BCUT2D eigenvalue weighted by molar-refractivity contribution is -0.152. The van der Waals surface area contributed by atoms with Gasteiger partial charge in [-0.1, -0.05) is 18.2 Å². The first-order valence-corrected chi connectivity index (χ1v) is 6.52. The Morgan fingerprint density at radius 1 is 1.24 bits per heavy atom. The molecule has 0 aliphatic heterocycles. The largest absolute Gasteiger partial charge is 0.467 e. The summed E-state index contributed by atoms with van der Waals surface area (Å²) in [5.74, 6) is -1.11. The Bertz CT molecular complexity index is 661. The van der Waals surface area contributed by atoms with Crippen molar-refractivity contribution in [2.75, 3.05) is 20.8 Å². The maximum absolute atomic E-state index is 12.1. The minimum atomic E-state index is -0.995. The Labute approximate surface area is 122 Å². The van der Waals surface area contributed by atoms with Crippen molar-refractivity contribution in [3.8, 4) is 0 Å². The van der Waals surface area contributed by atoms with Crippen molar-refractivity contribution in [2.45, 2.75) is 13.0 Å². The van der Waals surface area contributed by atoms with E-state index in [1.807, 2.05) is 18.2 Å². The topological polar surface area (TPSA) is 77.6 Å². The van der Waals surface area contributed by atoms with Gasteiger partial charge in [-0.05, 0) is 13.0 Å². The van der Waals surface area contributed by atoms with Gasteiger partial charge in [-0.3, -0.25) is 0 Å². The zero-order valence-corrected chi connectivity index (χ0v) is 12.1. The summed E-state index contributed by atoms with van der Waals surface area (Å²) in [5.41, 5.74) is 1.36. The number of hydrogen-bond acceptors (Lipinski definition) is 5. The minimum absolute atomic E-state index is 0.204. The van der Waals surface area contributed by atoms with E-state index in [-0.39, 0.29) is 12.3 Å². The van der Waals surface area contributed by atoms with Gasteiger partial charge in [0.15, 0.2) is 6.10 Å². The zero-order valence-electron chi connectivity index (χ0n) is 12.1. The quantitative estimate of drug-likeness (QED) is 0.854. The highest BCUT2D eigenvalue weighted by atomic mass is 16.6. The second-order valence-electron chi connectivity index (χ2n) is 4.32. The predicted molar refractivity (Wildman–Crippen MR) is 76.0 cm³/mol. The van der Waals surface area contributed by atoms with Gasteiger partial charge in [0.05, 0.1) is 13.7 Å². The third-order valence-corrected chi connectivity index (χ3v) is 3.14. The van der Waals surface area contributed by atoms with Gasteiger partial charge in [-0.15, -0.1) is 0 Å². The van der Waals surface area contributed by atoms with Crippen LogP contribution < -0.4 is 0 Å². The monoisotopic (exact) mass is 291 g/mol. The lowest BCUT2D eigenvalue weighted by atomic mass is 10.0. The fraction of sp³-hybridized carbons (Fsp3) is 0.333. The van der Waals surface area contributed by atoms with Crippen LogP contribution in [0.4, 0.5) is 0 Å². The van der Waals surface area contributed by atoms with Gasteiger partial charge in [0.2, 0.25) is 0 Å². The maximum Gasteiger partial charge on any atom is 0.355 e. The van der Waals surface area contributed by atoms with Crippen LogP contribution in [0.15, 0.2) is 24.3 Å². The van der Waals surface area contributed by atoms with Crippen LogP contribution in [0, 0.1) is 0 Å². The van der Waals surface area contributed by atoms with Crippen LogP contribution in [0.1, 0.15) is 29.1 Å². The van der Waals surface area contributed by atoms with Gasteiger partial charge in [-0.2, -0.15) is 0 Å². The molecular formula is C15H17NO5. The van der Waals surface area contributed by atoms with Gasteiger partial charge in [0.1, 0.15) is 5.69 Å². The van der Waals surface area contributed by atoms with Crippen LogP contribution >= 0.6 is 0 Å². The highest BCUT2D eigenvalue weighted by molar-refractivity contribution is 6.01. The average Bonchev–Trinajstić information content (AvgIpc) is 2.88. The Morgan fingerprint density at radius 3 is 2.57 bits per heavy atom. The SMILES string of the molecule is CCOC(=O)c1[nH]c2ccccc2c1C(OC)C(=O)OC. The molecule has 6 heteroatoms. The summed E-state index contributed by atoms with van der Waals surface area (Å²) in [6, 6.07) is 7.26. The van der Waals surface area contributed by atoms with E-state index >= 15 is 0 Å². The molecule has 112 valence electrons. The van der Waals surface area contributed by atoms with Crippen molar-refractivity contribution in [1.82, 2.24) is 4.98 Å². The summed E-state index contributed by atoms with van der Waals surface area (Å²) in [6.45, 7) is 1.96. The third-order valence-electron chi connectivity index (χ3n) is 3.14. The Kier molecular flexibility index (Phi) is 4.59. The molecule has 1 N–H and O–H groups in total. The molecule has 0 spiro atoms. The molecule has 1 aromatic carbocycles. The van der Waals surface area contributed by atoms with Crippen LogP contribution in [0.5, 0.6) is 0 Å². The molecule has 0 radical (unpaired) electrons. The number of aromatic amines is 1. The van der Waals surface area contributed by atoms with Gasteiger partial charge >= 0.3 is 11.9 Å². The number of benzene rings is 1. The molecule has 21 heavy (non-hydrogen) atoms. The summed E-state index contributed by atoms with van der Waals surface area (Å²) in [7, 11) is 2.66. The molecule has 0 saturated carbocycles. The maximum atomic E-state index is 12.1. The molecule has 1 atom stereocenters. The van der Waals surface area contributed by atoms with E-state index in [1.54, 1.807) is 13.0 Å². The lowest BCUT2D eigenvalue weighted by Gasteiger charge is -2.14. The molecular weight excluding hydrogens is 274 g/mol. The highest BCUT2D eigenvalue weighted by Gasteiger charge is 2.30. The number of hydrogen-bond donors (Lipinski definition) is 1. The number of nitrogens with one attached hydrogen (secondary N) is 1. The molecule has 1 unspecified atom stereocenters. The Hall–Kier alpha value is -2.34. The number of carbonyl (C=O) groups is 2. The molecule has 0 bridgehead atoms. The lowest BCUT2D eigenvalue weighted by Crippen LogP contribution is -2.19. The number of fused-ring (bicyclic) bond motifs is 1. The van der Waals surface area contributed by atoms with E-state index in [1.165, 1.54) is 14.2 Å². The van der Waals surface area contributed by atoms with E-state index in [0.29, 0.717) is 5.56 Å². The molecule has 2 rings (SSSR count). The van der Waals surface area contributed by atoms with Crippen LogP contribution in [-0.4, -0.2) is 37.7 Å². The normalized spacial score (nSPS) is 12.1. The number of ether oxygens (including phenoxy) is 3. The first-order chi connectivity index (χ1) is 10.1. The van der Waals surface area contributed by atoms with Crippen LogP contribution in [0.3, 0.4) is 0 Å². The van der Waals surface area contributed by atoms with E-state index in [9.17, 15) is 9.59 Å². The number of carbonyl (C=O) groups excluding carboxylic acids is 2. The fourth-order valence-corrected chi connectivity index (χ4v) is 2.24. The van der Waals surface area contributed by atoms with Crippen LogP contribution in [0.25, 0.3) is 10.9 Å². The molecule has 0 aliphatic rings. The standard InChI is InChI=1S/C15H17NO5/c1-4-21-14(17)12-11(13(19-2)15(18)20-3)9-7-5-6-8-10(9)16-12/h5-8,13,16H,4H2,1-3H3. The van der Waals surface area contributed by atoms with Gasteiger partial charge < -0.3 is 19.2 Å². The molecule has 0 amide bonds. The van der Waals surface area contributed by atoms with E-state index in [0.717, 1.165) is 10.9 Å². The van der Waals surface area contributed by atoms with Crippen molar-refractivity contribution in [1.29, 1.82) is 0 Å². The Morgan fingerprint density at radius 2 is 1.95 bits per heavy atom. The summed E-state index contributed by atoms with van der Waals surface area (Å²) < 4.78 is 15.0. The van der Waals surface area contributed by atoms with E-state index in [2.05, 4.69) is 4.98 Å². The molecule has 0 fully saturated rings. The van der Waals surface area contributed by atoms with Gasteiger partial charge in [0, 0.05) is 23.6 Å². The molecule has 1 heterocycles. The zero-order chi connectivity index (χ0) is 15.4. The number of esters is 2. The predicted octanol–water partition coefficient (Wildman–Crippen LogP) is 2.21. The van der Waals surface area contributed by atoms with Crippen molar-refractivity contribution in [3.05, 3.63) is 35.5 Å². The minimum Gasteiger partial charge on any atom is -0.467 e. The van der Waals surface area contributed by atoms with Gasteiger partial charge in [-0.25, -0.2) is 9.59 Å². The Balaban J connectivity index is 2.64. The first kappa shape index (κ1) is 15.1. The number of methoxy groups -OCH3 is 2. The first-order valence-electron chi connectivity index (χ1n) is 6.52. The summed E-state index contributed by atoms with van der Waals surface area (Å²) >= 11 is 0. The smallest absolute Gasteiger partial charge is 0.355 e. The molecule has 6 nitrogen and oxygen atoms in total. The molecule has 0 saturated heterocycles. The summed E-state index contributed by atoms with van der Waals surface area (Å²) in [5, 5.41) is 0.720. The van der Waals surface area contributed by atoms with Crippen LogP contribution in [0.2, 0.25) is 0 Å². The summed E-state index contributed by atoms with van der Waals surface area (Å²) in [6.07, 6.45) is -0.995. The second-order valence-corrected chi connectivity index (χ2v) is 4.32. The van der Waals surface area contributed by atoms with E-state index in [4.69, 9.17) is 14.2 Å². The number of rotatable bonds is 5. The number of para-hydroxylation sites is 1. The second kappa shape index (κ2) is 6.41. The summed E-state index contributed by atoms with van der Waals surface area (Å²) in [4.78, 5) is 27.0.